The molecule has 0 aliphatic rings. The van der Waals surface area contributed by atoms with Crippen molar-refractivity contribution in [2.24, 2.45) is 4.99 Å². The molecule has 0 saturated heterocycles. The van der Waals surface area contributed by atoms with Crippen molar-refractivity contribution in [1.29, 1.82) is 0 Å². The standard InChI is InChI=1S/C18H28N4O/c1-5-7-8-13-22(4)18(19-3)21-14-15-9-11-16(12-10-15)17(23)20-6-2/h5,9-12H,1,6-8,13-14H2,2-4H3,(H,19,21)(H,20,23). The summed E-state index contributed by atoms with van der Waals surface area (Å²) in [6.07, 6.45) is 3.99. The van der Waals surface area contributed by atoms with Crippen molar-refractivity contribution in [3.05, 3.63) is 48.0 Å². The second kappa shape index (κ2) is 10.4. The average Bonchev–Trinajstić information content (AvgIpc) is 2.56. The Labute approximate surface area is 139 Å². The van der Waals surface area contributed by atoms with Crippen LogP contribution < -0.4 is 10.6 Å². The van der Waals surface area contributed by atoms with E-state index in [1.54, 1.807) is 7.05 Å². The maximum absolute atomic E-state index is 11.7. The molecule has 0 aliphatic heterocycles. The molecule has 0 atom stereocenters. The Kier molecular flexibility index (Phi) is 8.50. The Bertz CT molecular complexity index is 522. The minimum Gasteiger partial charge on any atom is -0.352 e. The zero-order valence-electron chi connectivity index (χ0n) is 14.4. The van der Waals surface area contributed by atoms with Gasteiger partial charge in [0, 0.05) is 39.3 Å². The normalized spacial score (nSPS) is 11.0. The van der Waals surface area contributed by atoms with E-state index < -0.39 is 0 Å². The zero-order valence-corrected chi connectivity index (χ0v) is 14.4. The summed E-state index contributed by atoms with van der Waals surface area (Å²) in [5.74, 6) is 0.826. The molecule has 1 aromatic rings. The molecule has 1 rings (SSSR count). The highest BCUT2D eigenvalue weighted by Crippen LogP contribution is 2.05. The number of nitrogens with one attached hydrogen (secondary N) is 2. The predicted octanol–water partition coefficient (Wildman–Crippen LogP) is 2.41. The third kappa shape index (κ3) is 6.55. The van der Waals surface area contributed by atoms with E-state index in [0.29, 0.717) is 18.7 Å². The topological polar surface area (TPSA) is 56.7 Å². The molecule has 5 nitrogen and oxygen atoms in total. The minimum absolute atomic E-state index is 0.0372. The highest BCUT2D eigenvalue weighted by Gasteiger charge is 2.06. The van der Waals surface area contributed by atoms with Gasteiger partial charge in [-0.2, -0.15) is 0 Å². The van der Waals surface area contributed by atoms with Crippen molar-refractivity contribution in [2.75, 3.05) is 27.2 Å². The van der Waals surface area contributed by atoms with Crippen LogP contribution in [0.4, 0.5) is 0 Å². The van der Waals surface area contributed by atoms with Crippen LogP contribution in [0.5, 0.6) is 0 Å². The first kappa shape index (κ1) is 18.7. The van der Waals surface area contributed by atoms with Gasteiger partial charge < -0.3 is 15.5 Å². The van der Waals surface area contributed by atoms with Crippen LogP contribution in [0.3, 0.4) is 0 Å². The van der Waals surface area contributed by atoms with E-state index >= 15 is 0 Å². The van der Waals surface area contributed by atoms with Gasteiger partial charge in [0.1, 0.15) is 0 Å². The van der Waals surface area contributed by atoms with E-state index in [4.69, 9.17) is 0 Å². The first-order valence-electron chi connectivity index (χ1n) is 8.02. The smallest absolute Gasteiger partial charge is 0.251 e. The fraction of sp³-hybridized carbons (Fsp3) is 0.444. The third-order valence-electron chi connectivity index (χ3n) is 3.48. The molecule has 0 aliphatic carbocycles. The van der Waals surface area contributed by atoms with Crippen molar-refractivity contribution in [1.82, 2.24) is 15.5 Å². The second-order valence-corrected chi connectivity index (χ2v) is 5.31. The molecule has 1 amide bonds. The van der Waals surface area contributed by atoms with Crippen molar-refractivity contribution in [3.8, 4) is 0 Å². The second-order valence-electron chi connectivity index (χ2n) is 5.31. The summed E-state index contributed by atoms with van der Waals surface area (Å²) in [4.78, 5) is 18.1. The van der Waals surface area contributed by atoms with E-state index in [-0.39, 0.29) is 5.91 Å². The molecule has 0 saturated carbocycles. The average molecular weight is 316 g/mol. The molecular weight excluding hydrogens is 288 g/mol. The van der Waals surface area contributed by atoms with Gasteiger partial charge in [0.05, 0.1) is 0 Å². The van der Waals surface area contributed by atoms with Crippen molar-refractivity contribution < 1.29 is 4.79 Å². The number of hydrogen-bond donors (Lipinski definition) is 2. The lowest BCUT2D eigenvalue weighted by atomic mass is 10.1. The Morgan fingerprint density at radius 2 is 2.00 bits per heavy atom. The molecular formula is C18H28N4O. The number of carbonyl (C=O) groups excluding carboxylic acids is 1. The van der Waals surface area contributed by atoms with E-state index in [1.807, 2.05) is 44.3 Å². The molecule has 1 aromatic carbocycles. The third-order valence-corrected chi connectivity index (χ3v) is 3.48. The van der Waals surface area contributed by atoms with E-state index in [1.165, 1.54) is 0 Å². The summed E-state index contributed by atoms with van der Waals surface area (Å²) in [5, 5.41) is 6.13. The fourth-order valence-corrected chi connectivity index (χ4v) is 2.18. The molecule has 2 N–H and O–H groups in total. The molecule has 0 unspecified atom stereocenters. The molecule has 0 aromatic heterocycles. The van der Waals surface area contributed by atoms with Crippen molar-refractivity contribution in [2.45, 2.75) is 26.3 Å². The van der Waals surface area contributed by atoms with Crippen LogP contribution in [-0.4, -0.2) is 44.0 Å². The van der Waals surface area contributed by atoms with Gasteiger partial charge in [-0.1, -0.05) is 18.2 Å². The molecule has 0 heterocycles. The van der Waals surface area contributed by atoms with E-state index in [0.717, 1.165) is 30.9 Å². The number of amides is 1. The minimum atomic E-state index is -0.0372. The maximum atomic E-state index is 11.7. The summed E-state index contributed by atoms with van der Waals surface area (Å²) >= 11 is 0. The fourth-order valence-electron chi connectivity index (χ4n) is 2.18. The Hall–Kier alpha value is -2.30. The van der Waals surface area contributed by atoms with Gasteiger partial charge in [-0.3, -0.25) is 9.79 Å². The lowest BCUT2D eigenvalue weighted by Gasteiger charge is -2.22. The van der Waals surface area contributed by atoms with Gasteiger partial charge >= 0.3 is 0 Å². The Morgan fingerprint density at radius 3 is 2.57 bits per heavy atom. The monoisotopic (exact) mass is 316 g/mol. The number of aliphatic imine (C=N–C) groups is 1. The predicted molar refractivity (Wildman–Crippen MR) is 96.7 cm³/mol. The summed E-state index contributed by atoms with van der Waals surface area (Å²) in [7, 11) is 3.81. The number of guanidine groups is 1. The number of nitrogens with zero attached hydrogens (tertiary/aromatic N) is 2. The van der Waals surface area contributed by atoms with Crippen LogP contribution in [-0.2, 0) is 6.54 Å². The van der Waals surface area contributed by atoms with Crippen LogP contribution in [0, 0.1) is 0 Å². The highest BCUT2D eigenvalue weighted by molar-refractivity contribution is 5.94. The number of hydrogen-bond acceptors (Lipinski definition) is 2. The molecule has 0 bridgehead atoms. The van der Waals surface area contributed by atoms with Crippen LogP contribution >= 0.6 is 0 Å². The largest absolute Gasteiger partial charge is 0.352 e. The number of allylic oxidation sites excluding steroid dienone is 1. The van der Waals surface area contributed by atoms with Gasteiger partial charge in [-0.05, 0) is 37.5 Å². The van der Waals surface area contributed by atoms with Gasteiger partial charge in [0.25, 0.3) is 5.91 Å². The number of unbranched alkanes of at least 4 members (excludes halogenated alkanes) is 1. The molecule has 0 spiro atoms. The first-order chi connectivity index (χ1) is 11.1. The number of carbonyl (C=O) groups is 1. The van der Waals surface area contributed by atoms with Crippen molar-refractivity contribution >= 4 is 11.9 Å². The molecule has 5 heteroatoms. The van der Waals surface area contributed by atoms with Crippen LogP contribution in [0.15, 0.2) is 41.9 Å². The van der Waals surface area contributed by atoms with E-state index in [2.05, 4.69) is 27.1 Å². The Balaban J connectivity index is 2.52. The van der Waals surface area contributed by atoms with Crippen LogP contribution in [0.1, 0.15) is 35.7 Å². The van der Waals surface area contributed by atoms with Crippen LogP contribution in [0.2, 0.25) is 0 Å². The lowest BCUT2D eigenvalue weighted by Crippen LogP contribution is -2.38. The van der Waals surface area contributed by atoms with Gasteiger partial charge in [0.2, 0.25) is 0 Å². The van der Waals surface area contributed by atoms with Crippen LogP contribution in [0.25, 0.3) is 0 Å². The van der Waals surface area contributed by atoms with Gasteiger partial charge in [-0.25, -0.2) is 0 Å². The number of rotatable bonds is 8. The molecule has 0 fully saturated rings. The lowest BCUT2D eigenvalue weighted by molar-refractivity contribution is 0.0956. The van der Waals surface area contributed by atoms with Crippen molar-refractivity contribution in [3.63, 3.8) is 0 Å². The van der Waals surface area contributed by atoms with Gasteiger partial charge in [-0.15, -0.1) is 6.58 Å². The molecule has 126 valence electrons. The summed E-state index contributed by atoms with van der Waals surface area (Å²) < 4.78 is 0. The van der Waals surface area contributed by atoms with E-state index in [9.17, 15) is 4.79 Å². The highest BCUT2D eigenvalue weighted by atomic mass is 16.1. The van der Waals surface area contributed by atoms with Gasteiger partial charge in [0.15, 0.2) is 5.96 Å². The zero-order chi connectivity index (χ0) is 17.1. The number of benzene rings is 1. The summed E-state index contributed by atoms with van der Waals surface area (Å²) in [6.45, 7) is 7.89. The summed E-state index contributed by atoms with van der Waals surface area (Å²) in [5.41, 5.74) is 1.79. The first-order valence-corrected chi connectivity index (χ1v) is 8.02. The SMILES string of the molecule is C=CCCCN(C)C(=NC)NCc1ccc(C(=O)NCC)cc1. The summed E-state index contributed by atoms with van der Waals surface area (Å²) in [6, 6.07) is 7.61. The molecule has 0 radical (unpaired) electrons. The Morgan fingerprint density at radius 1 is 1.30 bits per heavy atom. The molecule has 23 heavy (non-hydrogen) atoms. The quantitative estimate of drug-likeness (QED) is 0.335. The maximum Gasteiger partial charge on any atom is 0.251 e.